The van der Waals surface area contributed by atoms with E-state index in [9.17, 15) is 9.90 Å². The highest BCUT2D eigenvalue weighted by atomic mass is 16.4. The first-order valence-corrected chi connectivity index (χ1v) is 15.9. The standard InChI is InChI=1S/C35H62O3/c1-8-9-10-11-12-13-14-15-16-17-18-19-30(34(2,3)4)27-31(35(5,6)7)23-20-29-26-32(36)24-21-28(29)22-25-33(37)38/h21,24,26,30-31,36H,8-20,22-23,25,27H2,1-7H3,(H,37,38). The van der Waals surface area contributed by atoms with Gasteiger partial charge in [0.15, 0.2) is 0 Å². The summed E-state index contributed by atoms with van der Waals surface area (Å²) in [7, 11) is 0. The summed E-state index contributed by atoms with van der Waals surface area (Å²) in [4.78, 5) is 11.1. The second kappa shape index (κ2) is 18.0. The van der Waals surface area contributed by atoms with E-state index in [4.69, 9.17) is 5.11 Å². The number of rotatable bonds is 20. The maximum Gasteiger partial charge on any atom is 0.303 e. The molecule has 0 heterocycles. The van der Waals surface area contributed by atoms with Crippen LogP contribution in [0.4, 0.5) is 0 Å². The van der Waals surface area contributed by atoms with E-state index in [1.165, 1.54) is 83.5 Å². The highest BCUT2D eigenvalue weighted by Crippen LogP contribution is 2.42. The third-order valence-electron chi connectivity index (χ3n) is 8.73. The SMILES string of the molecule is CCCCCCCCCCCCCC(CC(CCc1cc(O)ccc1CCC(=O)O)C(C)(C)C)C(C)(C)C. The second-order valence-electron chi connectivity index (χ2n) is 14.1. The molecule has 0 saturated carbocycles. The van der Waals surface area contributed by atoms with Crippen molar-refractivity contribution >= 4 is 5.97 Å². The number of phenolic OH excluding ortho intramolecular Hbond substituents is 1. The molecule has 3 nitrogen and oxygen atoms in total. The van der Waals surface area contributed by atoms with Crippen LogP contribution in [-0.4, -0.2) is 16.2 Å². The topological polar surface area (TPSA) is 57.5 Å². The predicted octanol–water partition coefficient (Wildman–Crippen LogP) is 10.8. The van der Waals surface area contributed by atoms with Crippen LogP contribution in [0.5, 0.6) is 5.75 Å². The third kappa shape index (κ3) is 15.2. The zero-order chi connectivity index (χ0) is 28.6. The highest BCUT2D eigenvalue weighted by molar-refractivity contribution is 5.67. The number of hydrogen-bond donors (Lipinski definition) is 2. The van der Waals surface area contributed by atoms with Crippen molar-refractivity contribution in [2.45, 2.75) is 158 Å². The largest absolute Gasteiger partial charge is 0.508 e. The van der Waals surface area contributed by atoms with Crippen molar-refractivity contribution in [2.75, 3.05) is 0 Å². The molecule has 2 N–H and O–H groups in total. The first-order valence-electron chi connectivity index (χ1n) is 15.9. The molecular formula is C35H62O3. The smallest absolute Gasteiger partial charge is 0.303 e. The number of aryl methyl sites for hydroxylation is 2. The Morgan fingerprint density at radius 3 is 1.71 bits per heavy atom. The van der Waals surface area contributed by atoms with Crippen LogP contribution >= 0.6 is 0 Å². The first kappa shape index (κ1) is 34.5. The molecule has 1 aromatic carbocycles. The minimum absolute atomic E-state index is 0.130. The molecule has 0 aliphatic heterocycles. The van der Waals surface area contributed by atoms with Crippen molar-refractivity contribution in [2.24, 2.45) is 22.7 Å². The Morgan fingerprint density at radius 2 is 1.21 bits per heavy atom. The maximum atomic E-state index is 11.1. The van der Waals surface area contributed by atoms with Crippen molar-refractivity contribution in [3.8, 4) is 5.75 Å². The Kier molecular flexibility index (Phi) is 16.3. The fourth-order valence-corrected chi connectivity index (χ4v) is 5.87. The molecule has 0 aliphatic rings. The predicted molar refractivity (Wildman–Crippen MR) is 164 cm³/mol. The quantitative estimate of drug-likeness (QED) is 0.165. The molecule has 0 fully saturated rings. The van der Waals surface area contributed by atoms with Crippen molar-refractivity contribution in [3.05, 3.63) is 29.3 Å². The lowest BCUT2D eigenvalue weighted by Gasteiger charge is -2.39. The van der Waals surface area contributed by atoms with E-state index in [0.29, 0.717) is 23.7 Å². The molecule has 0 amide bonds. The fraction of sp³-hybridized carbons (Fsp3) is 0.800. The highest BCUT2D eigenvalue weighted by Gasteiger charge is 2.32. The Labute approximate surface area is 236 Å². The number of hydrogen-bond acceptors (Lipinski definition) is 2. The van der Waals surface area contributed by atoms with Crippen LogP contribution in [0.15, 0.2) is 18.2 Å². The molecule has 0 radical (unpaired) electrons. The molecule has 2 unspecified atom stereocenters. The van der Waals surface area contributed by atoms with Gasteiger partial charge in [-0.1, -0.05) is 125 Å². The van der Waals surface area contributed by atoms with Gasteiger partial charge in [0.1, 0.15) is 5.75 Å². The Morgan fingerprint density at radius 1 is 0.711 bits per heavy atom. The average molecular weight is 531 g/mol. The summed E-state index contributed by atoms with van der Waals surface area (Å²) in [6, 6.07) is 5.44. The van der Waals surface area contributed by atoms with E-state index in [2.05, 4.69) is 48.5 Å². The van der Waals surface area contributed by atoms with Crippen LogP contribution in [-0.2, 0) is 17.6 Å². The number of aliphatic carboxylic acids is 1. The molecule has 0 spiro atoms. The molecule has 1 rings (SSSR count). The molecular weight excluding hydrogens is 468 g/mol. The molecule has 1 aromatic rings. The Balaban J connectivity index is 2.63. The van der Waals surface area contributed by atoms with Crippen LogP contribution in [0.2, 0.25) is 0 Å². The van der Waals surface area contributed by atoms with Gasteiger partial charge in [0, 0.05) is 6.42 Å². The van der Waals surface area contributed by atoms with Gasteiger partial charge in [-0.3, -0.25) is 4.79 Å². The lowest BCUT2D eigenvalue weighted by molar-refractivity contribution is -0.136. The number of carboxylic acid groups (broad SMARTS) is 1. The number of carbonyl (C=O) groups is 1. The van der Waals surface area contributed by atoms with Crippen molar-refractivity contribution in [3.63, 3.8) is 0 Å². The number of aromatic hydroxyl groups is 1. The number of unbranched alkanes of at least 4 members (excludes halogenated alkanes) is 10. The van der Waals surface area contributed by atoms with Crippen LogP contribution in [0.3, 0.4) is 0 Å². The maximum absolute atomic E-state index is 11.1. The summed E-state index contributed by atoms with van der Waals surface area (Å²) in [5, 5.41) is 19.3. The lowest BCUT2D eigenvalue weighted by Crippen LogP contribution is -2.29. The van der Waals surface area contributed by atoms with Crippen molar-refractivity contribution in [1.29, 1.82) is 0 Å². The van der Waals surface area contributed by atoms with E-state index < -0.39 is 5.97 Å². The normalized spacial score (nSPS) is 14.0. The van der Waals surface area contributed by atoms with Crippen LogP contribution < -0.4 is 0 Å². The monoisotopic (exact) mass is 530 g/mol. The van der Waals surface area contributed by atoms with Gasteiger partial charge in [-0.15, -0.1) is 0 Å². The third-order valence-corrected chi connectivity index (χ3v) is 8.73. The molecule has 0 bridgehead atoms. The minimum Gasteiger partial charge on any atom is -0.508 e. The van der Waals surface area contributed by atoms with Gasteiger partial charge in [0.25, 0.3) is 0 Å². The number of carboxylic acids is 1. The van der Waals surface area contributed by atoms with E-state index in [-0.39, 0.29) is 17.6 Å². The molecule has 2 atom stereocenters. The number of benzene rings is 1. The van der Waals surface area contributed by atoms with Gasteiger partial charge in [0.05, 0.1) is 0 Å². The van der Waals surface area contributed by atoms with Crippen LogP contribution in [0.1, 0.15) is 156 Å². The second-order valence-corrected chi connectivity index (χ2v) is 14.1. The molecule has 3 heteroatoms. The van der Waals surface area contributed by atoms with Crippen molar-refractivity contribution < 1.29 is 15.0 Å². The van der Waals surface area contributed by atoms with Gasteiger partial charge in [0.2, 0.25) is 0 Å². The summed E-state index contributed by atoms with van der Waals surface area (Å²) in [6.45, 7) is 16.6. The molecule has 0 saturated heterocycles. The van der Waals surface area contributed by atoms with Gasteiger partial charge >= 0.3 is 5.97 Å². The molecule has 38 heavy (non-hydrogen) atoms. The van der Waals surface area contributed by atoms with Crippen LogP contribution in [0, 0.1) is 22.7 Å². The molecule has 220 valence electrons. The Bertz CT molecular complexity index is 768. The van der Waals surface area contributed by atoms with Gasteiger partial charge in [-0.2, -0.15) is 0 Å². The van der Waals surface area contributed by atoms with E-state index >= 15 is 0 Å². The van der Waals surface area contributed by atoms with Crippen molar-refractivity contribution in [1.82, 2.24) is 0 Å². The van der Waals surface area contributed by atoms with Crippen LogP contribution in [0.25, 0.3) is 0 Å². The average Bonchev–Trinajstić information content (AvgIpc) is 2.81. The Hall–Kier alpha value is -1.51. The van der Waals surface area contributed by atoms with Gasteiger partial charge in [-0.05, 0) is 78.0 Å². The lowest BCUT2D eigenvalue weighted by atomic mass is 9.66. The zero-order valence-electron chi connectivity index (χ0n) is 26.2. The summed E-state index contributed by atoms with van der Waals surface area (Å²) in [5.74, 6) is 0.775. The van der Waals surface area contributed by atoms with E-state index in [1.54, 1.807) is 6.07 Å². The fourth-order valence-electron chi connectivity index (χ4n) is 5.87. The summed E-state index contributed by atoms with van der Waals surface area (Å²) in [6.07, 6.45) is 20.4. The van der Waals surface area contributed by atoms with Gasteiger partial charge < -0.3 is 10.2 Å². The van der Waals surface area contributed by atoms with Gasteiger partial charge in [-0.25, -0.2) is 0 Å². The summed E-state index contributed by atoms with van der Waals surface area (Å²) in [5.41, 5.74) is 2.67. The first-order chi connectivity index (χ1) is 17.8. The zero-order valence-corrected chi connectivity index (χ0v) is 26.2. The summed E-state index contributed by atoms with van der Waals surface area (Å²) < 4.78 is 0. The summed E-state index contributed by atoms with van der Waals surface area (Å²) >= 11 is 0. The number of phenols is 1. The van der Waals surface area contributed by atoms with E-state index in [1.807, 2.05) is 12.1 Å². The van der Waals surface area contributed by atoms with E-state index in [0.717, 1.165) is 24.0 Å². The minimum atomic E-state index is -0.771. The molecule has 0 aliphatic carbocycles. The molecule has 0 aromatic heterocycles.